The zero-order valence-corrected chi connectivity index (χ0v) is 14.4. The number of aryl methyl sites for hydroxylation is 1. The maximum atomic E-state index is 12.8. The molecule has 6 nitrogen and oxygen atoms in total. The summed E-state index contributed by atoms with van der Waals surface area (Å²) in [7, 11) is 0. The number of hydrogen-bond acceptors (Lipinski definition) is 4. The van der Waals surface area contributed by atoms with E-state index in [-0.39, 0.29) is 11.3 Å². The van der Waals surface area contributed by atoms with Crippen molar-refractivity contribution in [2.75, 3.05) is 4.90 Å². The molecule has 1 fully saturated rings. The fourth-order valence-electron chi connectivity index (χ4n) is 2.43. The molecule has 0 spiro atoms. The van der Waals surface area contributed by atoms with Crippen LogP contribution >= 0.6 is 11.6 Å². The van der Waals surface area contributed by atoms with Gasteiger partial charge in [-0.1, -0.05) is 29.8 Å². The number of nitrogens with one attached hydrogen (secondary N) is 1. The van der Waals surface area contributed by atoms with Gasteiger partial charge in [0, 0.05) is 5.02 Å². The number of nitrogens with zero attached hydrogens (tertiary/aromatic N) is 2. The maximum Gasteiger partial charge on any atom is 0.335 e. The second-order valence-corrected chi connectivity index (χ2v) is 6.03. The lowest BCUT2D eigenvalue weighted by Gasteiger charge is -2.26. The van der Waals surface area contributed by atoms with Crippen molar-refractivity contribution in [2.24, 2.45) is 0 Å². The Morgan fingerprint density at radius 2 is 1.81 bits per heavy atom. The number of hydrogen-bond donors (Lipinski definition) is 1. The third-order valence-electron chi connectivity index (χ3n) is 3.87. The van der Waals surface area contributed by atoms with Crippen LogP contribution in [0.25, 0.3) is 6.08 Å². The molecule has 4 amide bonds. The van der Waals surface area contributed by atoms with E-state index >= 15 is 0 Å². The van der Waals surface area contributed by atoms with E-state index in [1.165, 1.54) is 12.1 Å². The van der Waals surface area contributed by atoms with E-state index in [0.717, 1.165) is 10.5 Å². The molecule has 7 heteroatoms. The van der Waals surface area contributed by atoms with Crippen molar-refractivity contribution in [3.05, 3.63) is 69.8 Å². The quantitative estimate of drug-likeness (QED) is 0.653. The van der Waals surface area contributed by atoms with E-state index < -0.39 is 17.8 Å². The number of anilines is 1. The van der Waals surface area contributed by atoms with Gasteiger partial charge < -0.3 is 0 Å². The Labute approximate surface area is 154 Å². The highest BCUT2D eigenvalue weighted by Gasteiger charge is 2.36. The average molecular weight is 366 g/mol. The highest BCUT2D eigenvalue weighted by Crippen LogP contribution is 2.26. The van der Waals surface area contributed by atoms with Crippen LogP contribution in [0.2, 0.25) is 5.02 Å². The molecule has 1 saturated heterocycles. The molecule has 0 radical (unpaired) electrons. The number of benzene rings is 2. The maximum absolute atomic E-state index is 12.8. The van der Waals surface area contributed by atoms with Crippen LogP contribution in [0.4, 0.5) is 10.5 Å². The average Bonchev–Trinajstić information content (AvgIpc) is 2.62. The molecule has 0 aliphatic carbocycles. The third-order valence-corrected chi connectivity index (χ3v) is 4.27. The third kappa shape index (κ3) is 3.21. The van der Waals surface area contributed by atoms with Crippen molar-refractivity contribution in [3.8, 4) is 6.07 Å². The number of amides is 4. The Morgan fingerprint density at radius 1 is 1.12 bits per heavy atom. The minimum Gasteiger partial charge on any atom is -0.273 e. The van der Waals surface area contributed by atoms with Crippen LogP contribution < -0.4 is 10.2 Å². The fraction of sp³-hybridized carbons (Fsp3) is 0.0526. The summed E-state index contributed by atoms with van der Waals surface area (Å²) in [4.78, 5) is 37.9. The summed E-state index contributed by atoms with van der Waals surface area (Å²) in [5.74, 6) is -1.53. The summed E-state index contributed by atoms with van der Waals surface area (Å²) in [6.45, 7) is 1.80. The van der Waals surface area contributed by atoms with E-state index in [1.807, 2.05) is 6.07 Å². The van der Waals surface area contributed by atoms with Crippen molar-refractivity contribution in [1.29, 1.82) is 5.26 Å². The fourth-order valence-corrected chi connectivity index (χ4v) is 2.61. The molecular weight excluding hydrogens is 354 g/mol. The molecule has 3 rings (SSSR count). The van der Waals surface area contributed by atoms with Crippen LogP contribution in [0.1, 0.15) is 16.7 Å². The van der Waals surface area contributed by atoms with Gasteiger partial charge in [-0.15, -0.1) is 0 Å². The number of carbonyl (C=O) groups is 3. The summed E-state index contributed by atoms with van der Waals surface area (Å²) in [6, 6.07) is 12.2. The molecule has 1 aliphatic heterocycles. The number of carbonyl (C=O) groups excluding carboxylic acids is 3. The molecule has 1 heterocycles. The Balaban J connectivity index is 2.00. The van der Waals surface area contributed by atoms with E-state index in [0.29, 0.717) is 16.1 Å². The van der Waals surface area contributed by atoms with Gasteiger partial charge in [-0.25, -0.2) is 9.69 Å². The number of imide groups is 2. The molecule has 128 valence electrons. The predicted molar refractivity (Wildman–Crippen MR) is 96.3 cm³/mol. The smallest absolute Gasteiger partial charge is 0.273 e. The number of nitriles is 1. The molecule has 2 aromatic carbocycles. The summed E-state index contributed by atoms with van der Waals surface area (Å²) < 4.78 is 0. The van der Waals surface area contributed by atoms with Gasteiger partial charge in [0.2, 0.25) is 0 Å². The number of halogens is 1. The van der Waals surface area contributed by atoms with E-state index in [9.17, 15) is 14.4 Å². The van der Waals surface area contributed by atoms with Crippen molar-refractivity contribution in [3.63, 3.8) is 0 Å². The topological polar surface area (TPSA) is 90.3 Å². The Hall–Kier alpha value is -3.43. The van der Waals surface area contributed by atoms with Crippen LogP contribution in [-0.2, 0) is 9.59 Å². The minimum absolute atomic E-state index is 0.189. The number of rotatable bonds is 2. The summed E-state index contributed by atoms with van der Waals surface area (Å²) in [5, 5.41) is 11.4. The highest BCUT2D eigenvalue weighted by atomic mass is 35.5. The monoisotopic (exact) mass is 365 g/mol. The lowest BCUT2D eigenvalue weighted by molar-refractivity contribution is -0.122. The zero-order valence-electron chi connectivity index (χ0n) is 13.6. The standard InChI is InChI=1S/C19H12ClN3O3/c1-11-2-7-14(9-16(11)20)23-18(25)15(17(24)22-19(23)26)8-12-3-5-13(10-21)6-4-12/h2-9H,1H3,(H,22,24,26)/b15-8+. The Morgan fingerprint density at radius 3 is 2.42 bits per heavy atom. The molecule has 0 atom stereocenters. The van der Waals surface area contributed by atoms with Crippen LogP contribution in [0.15, 0.2) is 48.0 Å². The van der Waals surface area contributed by atoms with E-state index in [4.69, 9.17) is 16.9 Å². The summed E-state index contributed by atoms with van der Waals surface area (Å²) in [6.07, 6.45) is 1.37. The van der Waals surface area contributed by atoms with Crippen LogP contribution in [0.3, 0.4) is 0 Å². The number of barbiturate groups is 1. The van der Waals surface area contributed by atoms with Gasteiger partial charge in [0.25, 0.3) is 11.8 Å². The largest absolute Gasteiger partial charge is 0.335 e. The van der Waals surface area contributed by atoms with E-state index in [2.05, 4.69) is 5.32 Å². The first-order chi connectivity index (χ1) is 12.4. The molecule has 1 aliphatic rings. The van der Waals surface area contributed by atoms with E-state index in [1.54, 1.807) is 43.3 Å². The van der Waals surface area contributed by atoms with Gasteiger partial charge in [0.1, 0.15) is 5.57 Å². The summed E-state index contributed by atoms with van der Waals surface area (Å²) in [5.41, 5.74) is 1.88. The van der Waals surface area contributed by atoms with Gasteiger partial charge in [-0.05, 0) is 48.4 Å². The van der Waals surface area contributed by atoms with Crippen molar-refractivity contribution >= 4 is 41.2 Å². The van der Waals surface area contributed by atoms with Crippen molar-refractivity contribution < 1.29 is 14.4 Å². The second-order valence-electron chi connectivity index (χ2n) is 5.63. The lowest BCUT2D eigenvalue weighted by Crippen LogP contribution is -2.54. The minimum atomic E-state index is -0.836. The van der Waals surface area contributed by atoms with Gasteiger partial charge in [-0.3, -0.25) is 14.9 Å². The molecule has 0 saturated carbocycles. The molecule has 2 aromatic rings. The number of urea groups is 1. The molecule has 0 bridgehead atoms. The van der Waals surface area contributed by atoms with Gasteiger partial charge in [0.15, 0.2) is 0 Å². The lowest BCUT2D eigenvalue weighted by atomic mass is 10.1. The van der Waals surface area contributed by atoms with Crippen LogP contribution in [-0.4, -0.2) is 17.8 Å². The summed E-state index contributed by atoms with van der Waals surface area (Å²) >= 11 is 6.07. The molecule has 0 unspecified atom stereocenters. The highest BCUT2D eigenvalue weighted by molar-refractivity contribution is 6.39. The molecule has 26 heavy (non-hydrogen) atoms. The van der Waals surface area contributed by atoms with Crippen molar-refractivity contribution in [1.82, 2.24) is 5.32 Å². The van der Waals surface area contributed by atoms with Crippen molar-refractivity contribution in [2.45, 2.75) is 6.92 Å². The first kappa shape index (κ1) is 17.4. The second kappa shape index (κ2) is 6.82. The SMILES string of the molecule is Cc1ccc(N2C(=O)NC(=O)/C(=C\c3ccc(C#N)cc3)C2=O)cc1Cl. The van der Waals surface area contributed by atoms with Gasteiger partial charge in [0.05, 0.1) is 17.3 Å². The molecule has 1 N–H and O–H groups in total. The Bertz CT molecular complexity index is 1000. The van der Waals surface area contributed by atoms with Gasteiger partial charge >= 0.3 is 6.03 Å². The Kier molecular flexibility index (Phi) is 4.57. The van der Waals surface area contributed by atoms with Crippen LogP contribution in [0.5, 0.6) is 0 Å². The normalized spacial score (nSPS) is 15.8. The molecular formula is C19H12ClN3O3. The molecule has 0 aromatic heterocycles. The van der Waals surface area contributed by atoms with Gasteiger partial charge in [-0.2, -0.15) is 5.26 Å². The predicted octanol–water partition coefficient (Wildman–Crippen LogP) is 3.19. The zero-order chi connectivity index (χ0) is 18.8. The van der Waals surface area contributed by atoms with Crippen LogP contribution in [0, 0.1) is 18.3 Å². The first-order valence-electron chi connectivity index (χ1n) is 7.58. The first-order valence-corrected chi connectivity index (χ1v) is 7.96.